The first-order valence-corrected chi connectivity index (χ1v) is 9.62. The highest BCUT2D eigenvalue weighted by molar-refractivity contribution is 6.01. The van der Waals surface area contributed by atoms with Crippen LogP contribution in [0.1, 0.15) is 24.5 Å². The number of aliphatic imine (C=N–C) groups is 1. The van der Waals surface area contributed by atoms with Crippen LogP contribution in [-0.2, 0) is 25.6 Å². The Hall–Kier alpha value is -3.35. The maximum atomic E-state index is 11.6. The standard InChI is InChI=1S/C22H22N2O5/c1-14-19(23-21(28-14)16-5-3-2-4-6-16)11-12-27-17-9-7-15(8-10-17)13-18-20(25)24-29-22(18)26/h2-10,14,18-19H,11-13H2,1H3,(H,24,25). The van der Waals surface area contributed by atoms with E-state index in [0.29, 0.717) is 18.9 Å². The summed E-state index contributed by atoms with van der Waals surface area (Å²) in [5.41, 5.74) is 3.94. The summed E-state index contributed by atoms with van der Waals surface area (Å²) in [5, 5.41) is 0. The highest BCUT2D eigenvalue weighted by Crippen LogP contribution is 2.22. The minimum atomic E-state index is -0.790. The molecule has 4 rings (SSSR count). The van der Waals surface area contributed by atoms with Crippen LogP contribution in [0.2, 0.25) is 0 Å². The van der Waals surface area contributed by atoms with Gasteiger partial charge in [0.15, 0.2) is 0 Å². The molecule has 29 heavy (non-hydrogen) atoms. The molecule has 2 aromatic carbocycles. The summed E-state index contributed by atoms with van der Waals surface area (Å²) in [6.07, 6.45) is 1.06. The Labute approximate surface area is 168 Å². The van der Waals surface area contributed by atoms with Gasteiger partial charge in [0.05, 0.1) is 12.6 Å². The van der Waals surface area contributed by atoms with Gasteiger partial charge in [-0.25, -0.2) is 9.79 Å². The second-order valence-electron chi connectivity index (χ2n) is 7.12. The average Bonchev–Trinajstić information content (AvgIpc) is 3.27. The third-order valence-electron chi connectivity index (χ3n) is 5.04. The maximum absolute atomic E-state index is 11.6. The van der Waals surface area contributed by atoms with Crippen molar-refractivity contribution >= 4 is 17.8 Å². The van der Waals surface area contributed by atoms with Crippen LogP contribution in [0.3, 0.4) is 0 Å². The molecule has 2 aliphatic rings. The van der Waals surface area contributed by atoms with Crippen LogP contribution in [0.15, 0.2) is 59.6 Å². The lowest BCUT2D eigenvalue weighted by atomic mass is 9.99. The molecule has 0 bridgehead atoms. The van der Waals surface area contributed by atoms with Gasteiger partial charge in [0.25, 0.3) is 5.91 Å². The molecule has 150 valence electrons. The van der Waals surface area contributed by atoms with Crippen LogP contribution in [0.25, 0.3) is 0 Å². The normalized spacial score (nSPS) is 23.2. The number of nitrogens with zero attached hydrogens (tertiary/aromatic N) is 1. The van der Waals surface area contributed by atoms with Crippen LogP contribution >= 0.6 is 0 Å². The summed E-state index contributed by atoms with van der Waals surface area (Å²) < 4.78 is 11.7. The van der Waals surface area contributed by atoms with Gasteiger partial charge in [-0.05, 0) is 43.2 Å². The lowest BCUT2D eigenvalue weighted by Crippen LogP contribution is -2.21. The second kappa shape index (κ2) is 8.34. The predicted molar refractivity (Wildman–Crippen MR) is 105 cm³/mol. The Morgan fingerprint density at radius 3 is 2.52 bits per heavy atom. The zero-order chi connectivity index (χ0) is 20.2. The predicted octanol–water partition coefficient (Wildman–Crippen LogP) is 2.44. The minimum absolute atomic E-state index is 0.00787. The molecule has 7 nitrogen and oxygen atoms in total. The van der Waals surface area contributed by atoms with E-state index in [1.807, 2.05) is 61.5 Å². The quantitative estimate of drug-likeness (QED) is 0.729. The van der Waals surface area contributed by atoms with Gasteiger partial charge in [-0.1, -0.05) is 30.3 Å². The van der Waals surface area contributed by atoms with Gasteiger partial charge in [0.1, 0.15) is 17.8 Å². The van der Waals surface area contributed by atoms with Crippen molar-refractivity contribution in [3.8, 4) is 5.75 Å². The third-order valence-corrected chi connectivity index (χ3v) is 5.04. The zero-order valence-corrected chi connectivity index (χ0v) is 16.0. The lowest BCUT2D eigenvalue weighted by molar-refractivity contribution is -0.146. The molecule has 2 aliphatic heterocycles. The fourth-order valence-corrected chi connectivity index (χ4v) is 3.34. The molecule has 0 aliphatic carbocycles. The highest BCUT2D eigenvalue weighted by Gasteiger charge is 2.35. The number of hydrogen-bond donors (Lipinski definition) is 1. The number of hydrogen-bond acceptors (Lipinski definition) is 6. The first-order valence-electron chi connectivity index (χ1n) is 9.62. The molecule has 3 atom stereocenters. The summed E-state index contributed by atoms with van der Waals surface area (Å²) >= 11 is 0. The van der Waals surface area contributed by atoms with Crippen molar-refractivity contribution in [1.82, 2.24) is 5.48 Å². The highest BCUT2D eigenvalue weighted by atomic mass is 16.7. The number of hydroxylamine groups is 1. The lowest BCUT2D eigenvalue weighted by Gasteiger charge is -2.13. The van der Waals surface area contributed by atoms with Crippen LogP contribution in [0, 0.1) is 5.92 Å². The number of benzene rings is 2. The Kier molecular flexibility index (Phi) is 5.46. The SMILES string of the molecule is CC1OC(c2ccccc2)=NC1CCOc1ccc(CC2C(=O)NOC2=O)cc1. The molecule has 0 radical (unpaired) electrons. The van der Waals surface area contributed by atoms with E-state index in [1.54, 1.807) is 0 Å². The fraction of sp³-hybridized carbons (Fsp3) is 0.318. The Balaban J connectivity index is 1.28. The number of rotatable bonds is 7. The number of nitrogens with one attached hydrogen (secondary N) is 1. The summed E-state index contributed by atoms with van der Waals surface area (Å²) in [5.74, 6) is -0.326. The molecule has 1 N–H and O–H groups in total. The Morgan fingerprint density at radius 2 is 1.83 bits per heavy atom. The van der Waals surface area contributed by atoms with Crippen LogP contribution in [0.5, 0.6) is 5.75 Å². The van der Waals surface area contributed by atoms with Crippen LogP contribution in [0.4, 0.5) is 0 Å². The van der Waals surface area contributed by atoms with Gasteiger partial charge in [0, 0.05) is 12.0 Å². The molecule has 0 spiro atoms. The van der Waals surface area contributed by atoms with Crippen molar-refractivity contribution in [2.45, 2.75) is 31.9 Å². The van der Waals surface area contributed by atoms with Gasteiger partial charge in [-0.2, -0.15) is 5.48 Å². The first-order chi connectivity index (χ1) is 14.1. The van der Waals surface area contributed by atoms with E-state index < -0.39 is 17.8 Å². The largest absolute Gasteiger partial charge is 0.494 e. The monoisotopic (exact) mass is 394 g/mol. The molecule has 1 saturated heterocycles. The van der Waals surface area contributed by atoms with Crippen molar-refractivity contribution in [2.75, 3.05) is 6.61 Å². The molecular weight excluding hydrogens is 372 g/mol. The number of carbonyl (C=O) groups excluding carboxylic acids is 2. The average molecular weight is 394 g/mol. The smallest absolute Gasteiger partial charge is 0.345 e. The number of ether oxygens (including phenoxy) is 2. The summed E-state index contributed by atoms with van der Waals surface area (Å²) in [6, 6.07) is 17.3. The molecule has 0 saturated carbocycles. The van der Waals surface area contributed by atoms with Gasteiger partial charge in [-0.3, -0.25) is 4.79 Å². The molecular formula is C22H22N2O5. The van der Waals surface area contributed by atoms with Gasteiger partial charge in [0.2, 0.25) is 5.90 Å². The van der Waals surface area contributed by atoms with Crippen molar-refractivity contribution in [3.05, 3.63) is 65.7 Å². The van der Waals surface area contributed by atoms with E-state index in [2.05, 4.69) is 15.3 Å². The summed E-state index contributed by atoms with van der Waals surface area (Å²) in [4.78, 5) is 32.3. The molecule has 1 fully saturated rings. The van der Waals surface area contributed by atoms with Gasteiger partial charge < -0.3 is 14.3 Å². The Bertz CT molecular complexity index is 895. The van der Waals surface area contributed by atoms with Crippen LogP contribution in [-0.4, -0.2) is 36.5 Å². The second-order valence-corrected chi connectivity index (χ2v) is 7.12. The molecule has 3 unspecified atom stereocenters. The maximum Gasteiger partial charge on any atom is 0.345 e. The van der Waals surface area contributed by atoms with E-state index in [9.17, 15) is 9.59 Å². The summed E-state index contributed by atoms with van der Waals surface area (Å²) in [6.45, 7) is 2.53. The topological polar surface area (TPSA) is 86.2 Å². The van der Waals surface area contributed by atoms with E-state index in [-0.39, 0.29) is 12.1 Å². The van der Waals surface area contributed by atoms with Crippen LogP contribution < -0.4 is 10.2 Å². The number of carbonyl (C=O) groups is 2. The molecule has 2 aromatic rings. The van der Waals surface area contributed by atoms with Gasteiger partial charge in [-0.15, -0.1) is 0 Å². The molecule has 1 amide bonds. The third kappa shape index (κ3) is 4.39. The summed E-state index contributed by atoms with van der Waals surface area (Å²) in [7, 11) is 0. The van der Waals surface area contributed by atoms with E-state index in [4.69, 9.17) is 9.47 Å². The van der Waals surface area contributed by atoms with Gasteiger partial charge >= 0.3 is 5.97 Å². The first kappa shape index (κ1) is 19.0. The van der Waals surface area contributed by atoms with E-state index in [0.717, 1.165) is 23.3 Å². The molecule has 7 heteroatoms. The van der Waals surface area contributed by atoms with Crippen molar-refractivity contribution in [2.24, 2.45) is 10.9 Å². The van der Waals surface area contributed by atoms with E-state index >= 15 is 0 Å². The zero-order valence-electron chi connectivity index (χ0n) is 16.0. The Morgan fingerprint density at radius 1 is 1.07 bits per heavy atom. The number of amides is 1. The minimum Gasteiger partial charge on any atom is -0.494 e. The van der Waals surface area contributed by atoms with Crippen molar-refractivity contribution < 1.29 is 23.9 Å². The van der Waals surface area contributed by atoms with Crippen molar-refractivity contribution in [3.63, 3.8) is 0 Å². The molecule has 0 aromatic heterocycles. The van der Waals surface area contributed by atoms with E-state index in [1.165, 1.54) is 0 Å². The fourth-order valence-electron chi connectivity index (χ4n) is 3.34. The molecule has 2 heterocycles. The van der Waals surface area contributed by atoms with Crippen molar-refractivity contribution in [1.29, 1.82) is 0 Å².